The van der Waals surface area contributed by atoms with Crippen molar-refractivity contribution in [2.75, 3.05) is 14.2 Å². The van der Waals surface area contributed by atoms with Crippen LogP contribution in [0.5, 0.6) is 5.75 Å². The lowest BCUT2D eigenvalue weighted by Gasteiger charge is -2.26. The molecule has 0 saturated carbocycles. The van der Waals surface area contributed by atoms with Gasteiger partial charge in [-0.3, -0.25) is 5.32 Å². The van der Waals surface area contributed by atoms with Gasteiger partial charge in [-0.15, -0.1) is 6.42 Å². The number of benzene rings is 1. The van der Waals surface area contributed by atoms with E-state index in [1.165, 1.54) is 0 Å². The fraction of sp³-hybridized carbons (Fsp3) is 0.500. The van der Waals surface area contributed by atoms with Crippen molar-refractivity contribution in [1.82, 2.24) is 5.32 Å². The maximum absolute atomic E-state index is 5.50. The van der Waals surface area contributed by atoms with Crippen LogP contribution in [-0.2, 0) is 11.3 Å². The molecule has 0 aliphatic rings. The summed E-state index contributed by atoms with van der Waals surface area (Å²) in [6, 6.07) is 6.26. The monoisotopic (exact) mass is 261 g/mol. The molecule has 0 saturated heterocycles. The molecule has 3 nitrogen and oxygen atoms in total. The molecule has 1 aromatic rings. The van der Waals surface area contributed by atoms with Gasteiger partial charge in [0.1, 0.15) is 5.75 Å². The molecule has 3 heteroatoms. The van der Waals surface area contributed by atoms with Crippen molar-refractivity contribution in [3.8, 4) is 18.1 Å². The molecule has 0 aromatic heterocycles. The third-order valence-electron chi connectivity index (χ3n) is 3.04. The Morgan fingerprint density at radius 2 is 2.05 bits per heavy atom. The first-order valence-corrected chi connectivity index (χ1v) is 6.34. The molecule has 0 amide bonds. The first kappa shape index (κ1) is 15.6. The topological polar surface area (TPSA) is 30.5 Å². The highest BCUT2D eigenvalue weighted by atomic mass is 16.5. The van der Waals surface area contributed by atoms with Crippen molar-refractivity contribution in [1.29, 1.82) is 0 Å². The van der Waals surface area contributed by atoms with E-state index in [-0.39, 0.29) is 11.6 Å². The largest absolute Gasteiger partial charge is 0.496 e. The quantitative estimate of drug-likeness (QED) is 0.799. The number of methoxy groups -OCH3 is 2. The van der Waals surface area contributed by atoms with Crippen molar-refractivity contribution < 1.29 is 9.47 Å². The van der Waals surface area contributed by atoms with Crippen molar-refractivity contribution in [2.45, 2.75) is 39.0 Å². The van der Waals surface area contributed by atoms with Crippen LogP contribution in [0.25, 0.3) is 0 Å². The average molecular weight is 261 g/mol. The molecule has 1 atom stereocenters. The molecule has 1 unspecified atom stereocenters. The molecule has 0 aliphatic carbocycles. The number of hydrogen-bond donors (Lipinski definition) is 1. The van der Waals surface area contributed by atoms with Gasteiger partial charge < -0.3 is 9.47 Å². The number of hydrogen-bond acceptors (Lipinski definition) is 3. The Hall–Kier alpha value is -1.50. The second-order valence-corrected chi connectivity index (χ2v) is 5.14. The van der Waals surface area contributed by atoms with Crippen molar-refractivity contribution >= 4 is 0 Å². The summed E-state index contributed by atoms with van der Waals surface area (Å²) in [6.45, 7) is 6.60. The SMILES string of the molecule is C#CC(C)(C)NC(C)c1ccc(OC)c(COC)c1. The highest BCUT2D eigenvalue weighted by Gasteiger charge is 2.18. The Morgan fingerprint density at radius 1 is 1.37 bits per heavy atom. The van der Waals surface area contributed by atoms with Crippen LogP contribution in [0.3, 0.4) is 0 Å². The van der Waals surface area contributed by atoms with E-state index in [4.69, 9.17) is 15.9 Å². The van der Waals surface area contributed by atoms with Gasteiger partial charge in [0, 0.05) is 18.7 Å². The van der Waals surface area contributed by atoms with Crippen LogP contribution in [0.2, 0.25) is 0 Å². The van der Waals surface area contributed by atoms with E-state index < -0.39 is 0 Å². The van der Waals surface area contributed by atoms with Gasteiger partial charge in [-0.2, -0.15) is 0 Å². The Labute approximate surface area is 116 Å². The van der Waals surface area contributed by atoms with E-state index in [9.17, 15) is 0 Å². The predicted octanol–water partition coefficient (Wildman–Crippen LogP) is 2.90. The van der Waals surface area contributed by atoms with Crippen LogP contribution in [0.4, 0.5) is 0 Å². The predicted molar refractivity (Wildman–Crippen MR) is 78.2 cm³/mol. The molecule has 0 heterocycles. The van der Waals surface area contributed by atoms with Crippen LogP contribution in [-0.4, -0.2) is 19.8 Å². The molecule has 0 bridgehead atoms. The van der Waals surface area contributed by atoms with Gasteiger partial charge in [-0.1, -0.05) is 12.0 Å². The van der Waals surface area contributed by atoms with Crippen LogP contribution < -0.4 is 10.1 Å². The zero-order chi connectivity index (χ0) is 14.5. The van der Waals surface area contributed by atoms with Crippen LogP contribution in [0, 0.1) is 12.3 Å². The number of terminal acetylenes is 1. The minimum atomic E-state index is -0.333. The first-order valence-electron chi connectivity index (χ1n) is 6.34. The van der Waals surface area contributed by atoms with Crippen LogP contribution in [0.1, 0.15) is 37.9 Å². The van der Waals surface area contributed by atoms with Gasteiger partial charge in [-0.05, 0) is 38.5 Å². The molecule has 1 aromatic carbocycles. The third-order valence-corrected chi connectivity index (χ3v) is 3.04. The van der Waals surface area contributed by atoms with E-state index in [2.05, 4.69) is 24.2 Å². The summed E-state index contributed by atoms with van der Waals surface area (Å²) in [4.78, 5) is 0. The first-order chi connectivity index (χ1) is 8.93. The summed E-state index contributed by atoms with van der Waals surface area (Å²) >= 11 is 0. The Kier molecular flexibility index (Phi) is 5.41. The zero-order valence-corrected chi connectivity index (χ0v) is 12.4. The molecule has 0 fully saturated rings. The van der Waals surface area contributed by atoms with E-state index >= 15 is 0 Å². The third kappa shape index (κ3) is 4.27. The summed E-state index contributed by atoms with van der Waals surface area (Å²) in [5, 5.41) is 3.41. The lowest BCUT2D eigenvalue weighted by Crippen LogP contribution is -2.39. The summed E-state index contributed by atoms with van der Waals surface area (Å²) in [5.74, 6) is 3.59. The number of nitrogens with one attached hydrogen (secondary N) is 1. The molecular weight excluding hydrogens is 238 g/mol. The van der Waals surface area contributed by atoms with E-state index in [0.717, 1.165) is 16.9 Å². The molecule has 0 radical (unpaired) electrons. The number of ether oxygens (including phenoxy) is 2. The minimum Gasteiger partial charge on any atom is -0.496 e. The summed E-state index contributed by atoms with van der Waals surface area (Å²) in [6.07, 6.45) is 5.50. The standard InChI is InChI=1S/C16H23NO2/c1-7-16(3,4)17-12(2)13-8-9-15(19-6)14(10-13)11-18-5/h1,8-10,12,17H,11H2,2-6H3. The molecule has 104 valence electrons. The highest BCUT2D eigenvalue weighted by Crippen LogP contribution is 2.25. The molecular formula is C16H23NO2. The van der Waals surface area contributed by atoms with Gasteiger partial charge >= 0.3 is 0 Å². The fourth-order valence-electron chi connectivity index (χ4n) is 2.00. The van der Waals surface area contributed by atoms with Crippen LogP contribution >= 0.6 is 0 Å². The molecule has 1 N–H and O–H groups in total. The molecule has 1 rings (SSSR count). The highest BCUT2D eigenvalue weighted by molar-refractivity contribution is 5.38. The summed E-state index contributed by atoms with van der Waals surface area (Å²) in [7, 11) is 3.34. The number of rotatable bonds is 6. The smallest absolute Gasteiger partial charge is 0.124 e. The molecule has 0 spiro atoms. The van der Waals surface area contributed by atoms with E-state index in [0.29, 0.717) is 6.61 Å². The van der Waals surface area contributed by atoms with Gasteiger partial charge in [0.15, 0.2) is 0 Å². The maximum atomic E-state index is 5.50. The van der Waals surface area contributed by atoms with Crippen molar-refractivity contribution in [3.05, 3.63) is 29.3 Å². The second-order valence-electron chi connectivity index (χ2n) is 5.14. The van der Waals surface area contributed by atoms with Crippen molar-refractivity contribution in [2.24, 2.45) is 0 Å². The van der Waals surface area contributed by atoms with Crippen LogP contribution in [0.15, 0.2) is 18.2 Å². The van der Waals surface area contributed by atoms with E-state index in [1.54, 1.807) is 14.2 Å². The lowest BCUT2D eigenvalue weighted by atomic mass is 10.00. The maximum Gasteiger partial charge on any atom is 0.124 e. The summed E-state index contributed by atoms with van der Waals surface area (Å²) < 4.78 is 10.5. The zero-order valence-electron chi connectivity index (χ0n) is 12.4. The fourth-order valence-corrected chi connectivity index (χ4v) is 2.00. The average Bonchev–Trinajstić information content (AvgIpc) is 2.38. The summed E-state index contributed by atoms with van der Waals surface area (Å²) in [5.41, 5.74) is 1.87. The van der Waals surface area contributed by atoms with Gasteiger partial charge in [0.25, 0.3) is 0 Å². The lowest BCUT2D eigenvalue weighted by molar-refractivity contribution is 0.181. The minimum absolute atomic E-state index is 0.160. The van der Waals surface area contributed by atoms with Gasteiger partial charge in [0.05, 0.1) is 19.3 Å². The molecule has 19 heavy (non-hydrogen) atoms. The van der Waals surface area contributed by atoms with Crippen molar-refractivity contribution in [3.63, 3.8) is 0 Å². The van der Waals surface area contributed by atoms with Gasteiger partial charge in [-0.25, -0.2) is 0 Å². The Balaban J connectivity index is 2.95. The van der Waals surface area contributed by atoms with Gasteiger partial charge in [0.2, 0.25) is 0 Å². The second kappa shape index (κ2) is 6.60. The van der Waals surface area contributed by atoms with E-state index in [1.807, 2.05) is 26.0 Å². The Morgan fingerprint density at radius 3 is 2.58 bits per heavy atom. The Bertz CT molecular complexity index is 460. The molecule has 0 aliphatic heterocycles. The normalized spacial score (nSPS) is 12.8.